The van der Waals surface area contributed by atoms with Crippen LogP contribution in [0.4, 0.5) is 14.5 Å². The van der Waals surface area contributed by atoms with Crippen LogP contribution in [-0.4, -0.2) is 41.0 Å². The van der Waals surface area contributed by atoms with E-state index in [1.807, 2.05) is 20.8 Å². The first-order valence-electron chi connectivity index (χ1n) is 7.48. The molecular formula is C15H18F2N4O3S2. The standard InChI is InChI=1S/C15H18F2N4O3S2/c1-15(2,3)12-19-14(21-20-12)25-8-11(22)18-9-4-6-10(7-5-9)26(23,24)13(16)17/h4-7,13H,8H2,1-3H3,(H,18,22)(H,19,20,21). The molecule has 0 fully saturated rings. The average molecular weight is 404 g/mol. The molecule has 1 amide bonds. The van der Waals surface area contributed by atoms with Crippen LogP contribution in [0, 0.1) is 0 Å². The molecule has 2 rings (SSSR count). The smallest absolute Gasteiger partial charge is 0.325 e. The summed E-state index contributed by atoms with van der Waals surface area (Å²) in [4.78, 5) is 15.7. The Kier molecular flexibility index (Phi) is 6.02. The van der Waals surface area contributed by atoms with Gasteiger partial charge >= 0.3 is 5.76 Å². The van der Waals surface area contributed by atoms with Gasteiger partial charge in [0.05, 0.1) is 10.6 Å². The van der Waals surface area contributed by atoms with E-state index >= 15 is 0 Å². The third-order valence-electron chi connectivity index (χ3n) is 3.21. The van der Waals surface area contributed by atoms with E-state index in [-0.39, 0.29) is 17.1 Å². The van der Waals surface area contributed by atoms with Crippen LogP contribution in [0.5, 0.6) is 0 Å². The first kappa shape index (κ1) is 20.3. The number of hydrogen-bond acceptors (Lipinski definition) is 6. The van der Waals surface area contributed by atoms with Crippen molar-refractivity contribution >= 4 is 33.2 Å². The predicted molar refractivity (Wildman–Crippen MR) is 94.1 cm³/mol. The fourth-order valence-electron chi connectivity index (χ4n) is 1.80. The number of aromatic nitrogens is 3. The van der Waals surface area contributed by atoms with Crippen molar-refractivity contribution in [2.75, 3.05) is 11.1 Å². The number of hydrogen-bond donors (Lipinski definition) is 2. The van der Waals surface area contributed by atoms with E-state index in [4.69, 9.17) is 0 Å². The van der Waals surface area contributed by atoms with E-state index in [1.165, 1.54) is 12.1 Å². The van der Waals surface area contributed by atoms with Crippen LogP contribution in [0.1, 0.15) is 26.6 Å². The van der Waals surface area contributed by atoms with Gasteiger partial charge in [-0.15, -0.1) is 5.10 Å². The van der Waals surface area contributed by atoms with Crippen LogP contribution in [0.2, 0.25) is 0 Å². The van der Waals surface area contributed by atoms with E-state index < -0.39 is 20.5 Å². The van der Waals surface area contributed by atoms with Crippen molar-refractivity contribution in [1.82, 2.24) is 15.2 Å². The predicted octanol–water partition coefficient (Wildman–Crippen LogP) is 2.83. The monoisotopic (exact) mass is 404 g/mol. The molecule has 0 aliphatic heterocycles. The molecule has 2 N–H and O–H groups in total. The minimum absolute atomic E-state index is 0.0402. The summed E-state index contributed by atoms with van der Waals surface area (Å²) in [5.74, 6) is -3.10. The summed E-state index contributed by atoms with van der Waals surface area (Å²) in [5, 5.41) is 9.83. The van der Waals surface area contributed by atoms with Crippen molar-refractivity contribution < 1.29 is 22.0 Å². The molecule has 11 heteroatoms. The summed E-state index contributed by atoms with van der Waals surface area (Å²) < 4.78 is 47.6. The molecule has 142 valence electrons. The molecule has 0 saturated heterocycles. The largest absolute Gasteiger partial charge is 0.341 e. The van der Waals surface area contributed by atoms with E-state index in [2.05, 4.69) is 20.5 Å². The second-order valence-electron chi connectivity index (χ2n) is 6.38. The Morgan fingerprint density at radius 2 is 1.88 bits per heavy atom. The molecule has 0 radical (unpaired) electrons. The fraction of sp³-hybridized carbons (Fsp3) is 0.400. The Balaban J connectivity index is 1.93. The number of anilines is 1. The summed E-state index contributed by atoms with van der Waals surface area (Å²) in [6.45, 7) is 5.94. The van der Waals surface area contributed by atoms with Gasteiger partial charge in [-0.05, 0) is 24.3 Å². The Morgan fingerprint density at radius 3 is 2.38 bits per heavy atom. The van der Waals surface area contributed by atoms with Gasteiger partial charge in [0, 0.05) is 11.1 Å². The molecule has 0 aliphatic carbocycles. The third-order valence-corrected chi connectivity index (χ3v) is 5.45. The molecule has 0 saturated carbocycles. The Bertz CT molecular complexity index is 875. The number of amides is 1. The van der Waals surface area contributed by atoms with Gasteiger partial charge in [0.25, 0.3) is 0 Å². The highest BCUT2D eigenvalue weighted by Gasteiger charge is 2.26. The van der Waals surface area contributed by atoms with Gasteiger partial charge in [0.1, 0.15) is 5.82 Å². The number of nitrogens with zero attached hydrogens (tertiary/aromatic N) is 2. The van der Waals surface area contributed by atoms with Crippen molar-refractivity contribution in [2.45, 2.75) is 42.0 Å². The molecule has 0 spiro atoms. The van der Waals surface area contributed by atoms with E-state index in [0.717, 1.165) is 23.9 Å². The number of benzene rings is 1. The summed E-state index contributed by atoms with van der Waals surface area (Å²) in [6, 6.07) is 4.55. The lowest BCUT2D eigenvalue weighted by atomic mass is 9.96. The van der Waals surface area contributed by atoms with Crippen LogP contribution < -0.4 is 5.32 Å². The maximum atomic E-state index is 12.5. The van der Waals surface area contributed by atoms with Crippen molar-refractivity contribution in [3.8, 4) is 0 Å². The van der Waals surface area contributed by atoms with Gasteiger partial charge in [0.2, 0.25) is 20.9 Å². The topological polar surface area (TPSA) is 105 Å². The lowest BCUT2D eigenvalue weighted by molar-refractivity contribution is -0.113. The molecule has 1 aromatic heterocycles. The highest BCUT2D eigenvalue weighted by Crippen LogP contribution is 2.22. The van der Waals surface area contributed by atoms with Gasteiger partial charge in [0.15, 0.2) is 0 Å². The summed E-state index contributed by atoms with van der Waals surface area (Å²) in [6.07, 6.45) is 0. The van der Waals surface area contributed by atoms with Crippen LogP contribution in [-0.2, 0) is 20.0 Å². The molecule has 2 aromatic rings. The van der Waals surface area contributed by atoms with Gasteiger partial charge in [-0.2, -0.15) is 8.78 Å². The van der Waals surface area contributed by atoms with Crippen molar-refractivity contribution in [3.63, 3.8) is 0 Å². The second-order valence-corrected chi connectivity index (χ2v) is 9.24. The lowest BCUT2D eigenvalue weighted by Crippen LogP contribution is -2.15. The fourth-order valence-corrected chi connectivity index (χ4v) is 3.12. The van der Waals surface area contributed by atoms with Crippen LogP contribution >= 0.6 is 11.8 Å². The maximum Gasteiger partial charge on any atom is 0.341 e. The molecule has 0 unspecified atom stereocenters. The summed E-state index contributed by atoms with van der Waals surface area (Å²) in [5.41, 5.74) is 0.114. The van der Waals surface area contributed by atoms with Crippen LogP contribution in [0.25, 0.3) is 0 Å². The SMILES string of the molecule is CC(C)(C)c1nc(SCC(=O)Nc2ccc(S(=O)(=O)C(F)F)cc2)n[nH]1. The maximum absolute atomic E-state index is 12.5. The summed E-state index contributed by atoms with van der Waals surface area (Å²) >= 11 is 1.14. The van der Waals surface area contributed by atoms with E-state index in [1.54, 1.807) is 0 Å². The number of H-pyrrole nitrogens is 1. The number of aromatic amines is 1. The van der Waals surface area contributed by atoms with Crippen molar-refractivity contribution in [3.05, 3.63) is 30.1 Å². The zero-order chi connectivity index (χ0) is 19.5. The quantitative estimate of drug-likeness (QED) is 0.718. The van der Waals surface area contributed by atoms with Gasteiger partial charge in [-0.25, -0.2) is 13.4 Å². The van der Waals surface area contributed by atoms with E-state index in [0.29, 0.717) is 16.7 Å². The normalized spacial score (nSPS) is 12.4. The second kappa shape index (κ2) is 7.70. The highest BCUT2D eigenvalue weighted by atomic mass is 32.2. The number of rotatable bonds is 6. The molecule has 0 bridgehead atoms. The number of halogens is 2. The number of nitrogens with one attached hydrogen (secondary N) is 2. The third kappa shape index (κ3) is 5.01. The van der Waals surface area contributed by atoms with Gasteiger partial charge in [-0.3, -0.25) is 9.89 Å². The van der Waals surface area contributed by atoms with Gasteiger partial charge < -0.3 is 5.32 Å². The zero-order valence-corrected chi connectivity index (χ0v) is 15.9. The first-order valence-corrected chi connectivity index (χ1v) is 10.0. The molecular weight excluding hydrogens is 386 g/mol. The Hall–Kier alpha value is -2.01. The number of carbonyl (C=O) groups is 1. The van der Waals surface area contributed by atoms with Gasteiger partial charge in [-0.1, -0.05) is 32.5 Å². The number of carbonyl (C=O) groups excluding carboxylic acids is 1. The summed E-state index contributed by atoms with van der Waals surface area (Å²) in [7, 11) is -4.65. The average Bonchev–Trinajstić information content (AvgIpc) is 3.02. The minimum Gasteiger partial charge on any atom is -0.325 e. The molecule has 26 heavy (non-hydrogen) atoms. The number of sulfone groups is 1. The molecule has 0 aliphatic rings. The number of thioether (sulfide) groups is 1. The minimum atomic E-state index is -4.65. The highest BCUT2D eigenvalue weighted by molar-refractivity contribution is 7.99. The lowest BCUT2D eigenvalue weighted by Gasteiger charge is -2.12. The van der Waals surface area contributed by atoms with Crippen LogP contribution in [0.15, 0.2) is 34.3 Å². The van der Waals surface area contributed by atoms with Crippen molar-refractivity contribution in [2.24, 2.45) is 0 Å². The molecule has 7 nitrogen and oxygen atoms in total. The Morgan fingerprint density at radius 1 is 1.27 bits per heavy atom. The zero-order valence-electron chi connectivity index (χ0n) is 14.3. The number of alkyl halides is 2. The van der Waals surface area contributed by atoms with E-state index in [9.17, 15) is 22.0 Å². The Labute approximate surface area is 153 Å². The first-order chi connectivity index (χ1) is 12.0. The van der Waals surface area contributed by atoms with Crippen LogP contribution in [0.3, 0.4) is 0 Å². The molecule has 0 atom stereocenters. The molecule has 1 aromatic carbocycles. The van der Waals surface area contributed by atoms with Crippen molar-refractivity contribution in [1.29, 1.82) is 0 Å². The molecule has 1 heterocycles.